The van der Waals surface area contributed by atoms with E-state index in [1.807, 2.05) is 30.3 Å². The second-order valence-corrected chi connectivity index (χ2v) is 7.80. The van der Waals surface area contributed by atoms with Gasteiger partial charge < -0.3 is 14.8 Å². The van der Waals surface area contributed by atoms with Gasteiger partial charge in [-0.3, -0.25) is 0 Å². The second kappa shape index (κ2) is 9.30. The maximum atomic E-state index is 13.6. The SMILES string of the molecule is Cl.FC(F)Oc1ccc(C(F)(F)F)c([C@@H]2CO[C@]3(CCCN[C@H]3c3ccccc3)C2)c1. The van der Waals surface area contributed by atoms with Crippen LogP contribution in [0.3, 0.4) is 0 Å². The van der Waals surface area contributed by atoms with Crippen LogP contribution in [0.15, 0.2) is 48.5 Å². The van der Waals surface area contributed by atoms with E-state index in [4.69, 9.17) is 4.74 Å². The lowest BCUT2D eigenvalue weighted by molar-refractivity contribution is -0.138. The van der Waals surface area contributed by atoms with Gasteiger partial charge in [0.15, 0.2) is 0 Å². The normalized spacial score (nSPS) is 26.1. The van der Waals surface area contributed by atoms with Crippen LogP contribution >= 0.6 is 12.4 Å². The van der Waals surface area contributed by atoms with E-state index in [0.717, 1.165) is 36.7 Å². The number of ether oxygens (including phenoxy) is 2. The lowest BCUT2D eigenvalue weighted by Crippen LogP contribution is -2.48. The molecule has 0 aromatic heterocycles. The van der Waals surface area contributed by atoms with Crippen molar-refractivity contribution in [2.75, 3.05) is 13.2 Å². The Morgan fingerprint density at radius 1 is 1.10 bits per heavy atom. The average molecular weight is 464 g/mol. The fraction of sp³-hybridized carbons (Fsp3) is 0.455. The Hall–Kier alpha value is -1.90. The zero-order valence-electron chi connectivity index (χ0n) is 16.5. The molecule has 2 aromatic rings. The maximum absolute atomic E-state index is 13.6. The third kappa shape index (κ3) is 4.96. The summed E-state index contributed by atoms with van der Waals surface area (Å²) in [6.07, 6.45) is -2.68. The molecule has 2 aliphatic heterocycles. The van der Waals surface area contributed by atoms with Gasteiger partial charge in [-0.15, -0.1) is 12.4 Å². The predicted molar refractivity (Wildman–Crippen MR) is 108 cm³/mol. The summed E-state index contributed by atoms with van der Waals surface area (Å²) in [6, 6.07) is 12.4. The van der Waals surface area contributed by atoms with Crippen molar-refractivity contribution in [3.8, 4) is 5.75 Å². The summed E-state index contributed by atoms with van der Waals surface area (Å²) in [7, 11) is 0. The number of piperidine rings is 1. The molecule has 31 heavy (non-hydrogen) atoms. The summed E-state index contributed by atoms with van der Waals surface area (Å²) in [5, 5.41) is 3.45. The Morgan fingerprint density at radius 2 is 1.84 bits per heavy atom. The zero-order valence-corrected chi connectivity index (χ0v) is 17.3. The summed E-state index contributed by atoms with van der Waals surface area (Å²) >= 11 is 0. The number of benzene rings is 2. The minimum absolute atomic E-state index is 0. The minimum Gasteiger partial charge on any atom is -0.435 e. The summed E-state index contributed by atoms with van der Waals surface area (Å²) in [5.74, 6) is -0.857. The summed E-state index contributed by atoms with van der Waals surface area (Å²) < 4.78 is 76.7. The molecule has 0 aliphatic carbocycles. The van der Waals surface area contributed by atoms with E-state index in [2.05, 4.69) is 10.1 Å². The largest absolute Gasteiger partial charge is 0.435 e. The Bertz CT molecular complexity index is 880. The fourth-order valence-electron chi connectivity index (χ4n) is 4.72. The highest BCUT2D eigenvalue weighted by Gasteiger charge is 2.50. The Labute approximate surface area is 183 Å². The molecule has 4 rings (SSSR count). The van der Waals surface area contributed by atoms with Crippen molar-refractivity contribution < 1.29 is 31.4 Å². The molecule has 2 aliphatic rings. The Balaban J connectivity index is 0.00000272. The van der Waals surface area contributed by atoms with E-state index in [0.29, 0.717) is 12.8 Å². The van der Waals surface area contributed by atoms with Gasteiger partial charge in [-0.2, -0.15) is 22.0 Å². The van der Waals surface area contributed by atoms with Crippen LogP contribution < -0.4 is 10.1 Å². The lowest BCUT2D eigenvalue weighted by atomic mass is 9.76. The molecule has 2 heterocycles. The summed E-state index contributed by atoms with van der Waals surface area (Å²) in [4.78, 5) is 0. The van der Waals surface area contributed by atoms with Crippen LogP contribution in [0.1, 0.15) is 47.9 Å². The molecule has 1 spiro atoms. The van der Waals surface area contributed by atoms with Crippen LogP contribution in [0.2, 0.25) is 0 Å². The summed E-state index contributed by atoms with van der Waals surface area (Å²) in [5.41, 5.74) is -0.527. The molecule has 0 bridgehead atoms. The van der Waals surface area contributed by atoms with E-state index in [-0.39, 0.29) is 36.4 Å². The fourth-order valence-corrected chi connectivity index (χ4v) is 4.72. The minimum atomic E-state index is -4.60. The molecule has 170 valence electrons. The first kappa shape index (κ1) is 23.8. The van der Waals surface area contributed by atoms with Crippen molar-refractivity contribution in [1.82, 2.24) is 5.32 Å². The molecule has 2 aromatic carbocycles. The van der Waals surface area contributed by atoms with Crippen molar-refractivity contribution >= 4 is 12.4 Å². The molecule has 2 saturated heterocycles. The number of hydrogen-bond acceptors (Lipinski definition) is 3. The number of nitrogens with one attached hydrogen (secondary N) is 1. The van der Waals surface area contributed by atoms with Crippen LogP contribution in [0, 0.1) is 0 Å². The van der Waals surface area contributed by atoms with Gasteiger partial charge in [0.25, 0.3) is 0 Å². The van der Waals surface area contributed by atoms with Crippen LogP contribution in [0.5, 0.6) is 5.75 Å². The van der Waals surface area contributed by atoms with Crippen molar-refractivity contribution in [2.24, 2.45) is 0 Å². The smallest absolute Gasteiger partial charge is 0.416 e. The molecule has 0 saturated carbocycles. The van der Waals surface area contributed by atoms with E-state index in [1.165, 1.54) is 0 Å². The monoisotopic (exact) mass is 463 g/mol. The third-order valence-corrected chi connectivity index (χ3v) is 5.94. The highest BCUT2D eigenvalue weighted by molar-refractivity contribution is 5.85. The van der Waals surface area contributed by atoms with Gasteiger partial charge in [-0.25, -0.2) is 0 Å². The number of hydrogen-bond donors (Lipinski definition) is 1. The standard InChI is InChI=1S/C22H22F5NO2.ClH/c23-20(24)30-16-7-8-18(22(25,26)27)17(11-16)15-12-21(29-13-15)9-4-10-28-19(21)14-5-2-1-3-6-14;/h1-3,5-8,11,15,19-20,28H,4,9-10,12-13H2;1H/t15-,19-,21+;/m0./s1. The van der Waals surface area contributed by atoms with E-state index in [9.17, 15) is 22.0 Å². The first-order chi connectivity index (χ1) is 14.3. The van der Waals surface area contributed by atoms with Crippen LogP contribution in [0.4, 0.5) is 22.0 Å². The van der Waals surface area contributed by atoms with Crippen LogP contribution in [-0.2, 0) is 10.9 Å². The van der Waals surface area contributed by atoms with Gasteiger partial charge >= 0.3 is 12.8 Å². The molecule has 0 amide bonds. The molecule has 3 nitrogen and oxygen atoms in total. The molecular weight excluding hydrogens is 441 g/mol. The highest BCUT2D eigenvalue weighted by Crippen LogP contribution is 2.50. The van der Waals surface area contributed by atoms with Crippen molar-refractivity contribution in [3.05, 3.63) is 65.2 Å². The molecule has 0 unspecified atom stereocenters. The first-order valence-corrected chi connectivity index (χ1v) is 9.87. The topological polar surface area (TPSA) is 30.5 Å². The van der Waals surface area contributed by atoms with Gasteiger partial charge in [0.05, 0.1) is 23.8 Å². The second-order valence-electron chi connectivity index (χ2n) is 7.80. The van der Waals surface area contributed by atoms with E-state index >= 15 is 0 Å². The molecule has 1 N–H and O–H groups in total. The summed E-state index contributed by atoms with van der Waals surface area (Å²) in [6.45, 7) is -2.22. The molecule has 0 radical (unpaired) electrons. The van der Waals surface area contributed by atoms with Crippen LogP contribution in [0.25, 0.3) is 0 Å². The lowest BCUT2D eigenvalue weighted by Gasteiger charge is -2.41. The van der Waals surface area contributed by atoms with Gasteiger partial charge in [0, 0.05) is 5.92 Å². The van der Waals surface area contributed by atoms with E-state index in [1.54, 1.807) is 0 Å². The van der Waals surface area contributed by atoms with Gasteiger partial charge in [0.1, 0.15) is 5.75 Å². The van der Waals surface area contributed by atoms with Crippen LogP contribution in [-0.4, -0.2) is 25.4 Å². The third-order valence-electron chi connectivity index (χ3n) is 5.94. The van der Waals surface area contributed by atoms with Gasteiger partial charge in [0.2, 0.25) is 0 Å². The quantitative estimate of drug-likeness (QED) is 0.556. The van der Waals surface area contributed by atoms with Crippen molar-refractivity contribution in [2.45, 2.75) is 49.6 Å². The number of alkyl halides is 5. The number of halogens is 6. The first-order valence-electron chi connectivity index (χ1n) is 9.87. The van der Waals surface area contributed by atoms with Gasteiger partial charge in [-0.05, 0) is 55.1 Å². The maximum Gasteiger partial charge on any atom is 0.416 e. The average Bonchev–Trinajstić information content (AvgIpc) is 3.12. The molecular formula is C22H23ClF5NO2. The van der Waals surface area contributed by atoms with Crippen molar-refractivity contribution in [3.63, 3.8) is 0 Å². The van der Waals surface area contributed by atoms with Gasteiger partial charge in [-0.1, -0.05) is 30.3 Å². The Kier molecular flexibility index (Phi) is 7.13. The molecule has 3 atom stereocenters. The van der Waals surface area contributed by atoms with Crippen molar-refractivity contribution in [1.29, 1.82) is 0 Å². The molecule has 9 heteroatoms. The highest BCUT2D eigenvalue weighted by atomic mass is 35.5. The zero-order chi connectivity index (χ0) is 21.4. The predicted octanol–water partition coefficient (Wildman–Crippen LogP) is 6.10. The molecule has 2 fully saturated rings. The van der Waals surface area contributed by atoms with E-state index < -0.39 is 29.9 Å². The number of rotatable bonds is 4. The Morgan fingerprint density at radius 3 is 2.52 bits per heavy atom.